The van der Waals surface area contributed by atoms with Gasteiger partial charge in [0, 0.05) is 13.6 Å². The molecule has 1 unspecified atom stereocenters. The van der Waals surface area contributed by atoms with E-state index in [1.807, 2.05) is 30.3 Å². The molecule has 1 N–H and O–H groups in total. The summed E-state index contributed by atoms with van der Waals surface area (Å²) in [6, 6.07) is 13.2. The number of hydrogen-bond donors (Lipinski definition) is 1. The first-order valence-corrected chi connectivity index (χ1v) is 12.2. The van der Waals surface area contributed by atoms with Crippen molar-refractivity contribution in [2.75, 3.05) is 37.8 Å². The number of halogens is 1. The van der Waals surface area contributed by atoms with Crippen molar-refractivity contribution in [1.82, 2.24) is 10.2 Å². The highest BCUT2D eigenvalue weighted by Gasteiger charge is 2.29. The molecule has 2 aromatic rings. The first-order chi connectivity index (χ1) is 15.1. The maximum absolute atomic E-state index is 13.2. The largest absolute Gasteiger partial charge is 0.495 e. The van der Waals surface area contributed by atoms with E-state index in [1.54, 1.807) is 6.92 Å². The Balaban J connectivity index is 2.32. The van der Waals surface area contributed by atoms with E-state index >= 15 is 0 Å². The number of amides is 2. The Morgan fingerprint density at radius 1 is 1.16 bits per heavy atom. The first kappa shape index (κ1) is 25.5. The predicted molar refractivity (Wildman–Crippen MR) is 126 cm³/mol. The van der Waals surface area contributed by atoms with Crippen LogP contribution in [0.2, 0.25) is 5.02 Å². The Morgan fingerprint density at radius 3 is 2.34 bits per heavy atom. The molecular weight excluding hydrogens is 454 g/mol. The van der Waals surface area contributed by atoms with Gasteiger partial charge in [0.2, 0.25) is 21.8 Å². The molecule has 32 heavy (non-hydrogen) atoms. The number of sulfonamides is 1. The number of carbonyl (C=O) groups is 2. The molecule has 0 aliphatic carbocycles. The van der Waals surface area contributed by atoms with Gasteiger partial charge in [-0.3, -0.25) is 13.9 Å². The number of anilines is 1. The summed E-state index contributed by atoms with van der Waals surface area (Å²) in [6.07, 6.45) is 1.52. The molecule has 1 atom stereocenters. The highest BCUT2D eigenvalue weighted by Crippen LogP contribution is 2.30. The van der Waals surface area contributed by atoms with E-state index < -0.39 is 28.5 Å². The summed E-state index contributed by atoms with van der Waals surface area (Å²) in [6.45, 7) is 1.38. The number of benzene rings is 2. The molecule has 0 aromatic heterocycles. The molecule has 2 amide bonds. The Kier molecular flexibility index (Phi) is 8.91. The van der Waals surface area contributed by atoms with E-state index in [4.69, 9.17) is 16.3 Å². The maximum atomic E-state index is 13.2. The third-order valence-electron chi connectivity index (χ3n) is 5.00. The lowest BCUT2D eigenvalue weighted by Gasteiger charge is -2.31. The zero-order chi connectivity index (χ0) is 23.9. The molecule has 0 fully saturated rings. The van der Waals surface area contributed by atoms with Crippen molar-refractivity contribution in [2.45, 2.75) is 19.4 Å². The van der Waals surface area contributed by atoms with Crippen molar-refractivity contribution in [3.8, 4) is 5.75 Å². The second-order valence-corrected chi connectivity index (χ2v) is 9.52. The van der Waals surface area contributed by atoms with Crippen molar-refractivity contribution in [2.24, 2.45) is 0 Å². The summed E-state index contributed by atoms with van der Waals surface area (Å²) < 4.78 is 31.1. The Hall–Kier alpha value is -2.78. The van der Waals surface area contributed by atoms with Crippen LogP contribution in [0.4, 0.5) is 5.69 Å². The SMILES string of the molecule is CNC(=O)C(C)N(CCc1ccccc1)C(=O)CN(c1ccc(OC)c(Cl)c1)S(C)(=O)=O. The fourth-order valence-corrected chi connectivity index (χ4v) is 4.30. The van der Waals surface area contributed by atoms with E-state index in [2.05, 4.69) is 5.32 Å². The summed E-state index contributed by atoms with van der Waals surface area (Å²) in [5.74, 6) is -0.466. The molecule has 0 radical (unpaired) electrons. The average Bonchev–Trinajstić information content (AvgIpc) is 2.76. The monoisotopic (exact) mass is 481 g/mol. The molecule has 8 nitrogen and oxygen atoms in total. The number of carbonyl (C=O) groups excluding carboxylic acids is 2. The zero-order valence-corrected chi connectivity index (χ0v) is 20.1. The van der Waals surface area contributed by atoms with Crippen molar-refractivity contribution >= 4 is 39.1 Å². The van der Waals surface area contributed by atoms with Crippen molar-refractivity contribution in [1.29, 1.82) is 0 Å². The zero-order valence-electron chi connectivity index (χ0n) is 18.5. The lowest BCUT2D eigenvalue weighted by Crippen LogP contribution is -2.51. The molecule has 0 saturated carbocycles. The van der Waals surface area contributed by atoms with Gasteiger partial charge in [0.05, 0.1) is 24.1 Å². The highest BCUT2D eigenvalue weighted by molar-refractivity contribution is 7.92. The third-order valence-corrected chi connectivity index (χ3v) is 6.44. The van der Waals surface area contributed by atoms with Crippen LogP contribution in [0.3, 0.4) is 0 Å². The van der Waals surface area contributed by atoms with Crippen molar-refractivity contribution in [3.63, 3.8) is 0 Å². The summed E-state index contributed by atoms with van der Waals surface area (Å²) >= 11 is 6.16. The molecule has 0 saturated heterocycles. The van der Waals surface area contributed by atoms with E-state index in [9.17, 15) is 18.0 Å². The van der Waals surface area contributed by atoms with Crippen molar-refractivity contribution < 1.29 is 22.7 Å². The van der Waals surface area contributed by atoms with Gasteiger partial charge >= 0.3 is 0 Å². The fourth-order valence-electron chi connectivity index (χ4n) is 3.20. The number of methoxy groups -OCH3 is 1. The summed E-state index contributed by atoms with van der Waals surface area (Å²) in [5, 5.41) is 2.75. The van der Waals surface area contributed by atoms with Crippen LogP contribution < -0.4 is 14.4 Å². The van der Waals surface area contributed by atoms with Gasteiger partial charge in [0.15, 0.2) is 0 Å². The standard InChI is InChI=1S/C22H28ClN3O5S/c1-16(22(28)24-2)25(13-12-17-8-6-5-7-9-17)21(27)15-26(32(4,29)30)18-10-11-20(31-3)19(23)14-18/h5-11,14,16H,12-13,15H2,1-4H3,(H,24,28). The quantitative estimate of drug-likeness (QED) is 0.561. The summed E-state index contributed by atoms with van der Waals surface area (Å²) in [7, 11) is -0.881. The van der Waals surface area contributed by atoms with Gasteiger partial charge < -0.3 is 15.0 Å². The molecule has 2 aromatic carbocycles. The summed E-state index contributed by atoms with van der Waals surface area (Å²) in [4.78, 5) is 26.9. The second kappa shape index (κ2) is 11.2. The van der Waals surface area contributed by atoms with E-state index in [0.29, 0.717) is 12.2 Å². The van der Waals surface area contributed by atoms with Crippen LogP contribution in [0.15, 0.2) is 48.5 Å². The molecule has 2 rings (SSSR count). The number of nitrogens with zero attached hydrogens (tertiary/aromatic N) is 2. The van der Waals surface area contributed by atoms with E-state index in [1.165, 1.54) is 37.3 Å². The Bertz CT molecular complexity index is 1050. The summed E-state index contributed by atoms with van der Waals surface area (Å²) in [5.41, 5.74) is 1.22. The van der Waals surface area contributed by atoms with E-state index in [-0.39, 0.29) is 23.2 Å². The fraction of sp³-hybridized carbons (Fsp3) is 0.364. The molecule has 0 bridgehead atoms. The van der Waals surface area contributed by atoms with Gasteiger partial charge in [-0.1, -0.05) is 41.9 Å². The minimum atomic E-state index is -3.82. The van der Waals surface area contributed by atoms with Crippen LogP contribution in [-0.2, 0) is 26.0 Å². The van der Waals surface area contributed by atoms with Crippen molar-refractivity contribution in [3.05, 3.63) is 59.1 Å². The van der Waals surface area contributed by atoms with E-state index in [0.717, 1.165) is 16.1 Å². The van der Waals surface area contributed by atoms with Crippen LogP contribution in [0.5, 0.6) is 5.75 Å². The van der Waals surface area contributed by atoms with Crippen LogP contribution in [0.25, 0.3) is 0 Å². The lowest BCUT2D eigenvalue weighted by molar-refractivity contribution is -0.138. The molecule has 0 spiro atoms. The minimum absolute atomic E-state index is 0.214. The molecule has 0 heterocycles. The number of ether oxygens (including phenoxy) is 1. The maximum Gasteiger partial charge on any atom is 0.244 e. The second-order valence-electron chi connectivity index (χ2n) is 7.20. The predicted octanol–water partition coefficient (Wildman–Crippen LogP) is 2.32. The molecular formula is C22H28ClN3O5S. The lowest BCUT2D eigenvalue weighted by atomic mass is 10.1. The average molecular weight is 482 g/mol. The molecule has 0 aliphatic heterocycles. The van der Waals surface area contributed by atoms with Crippen LogP contribution in [-0.4, -0.2) is 64.7 Å². The van der Waals surface area contributed by atoms with Crippen LogP contribution >= 0.6 is 11.6 Å². The normalized spacial score (nSPS) is 12.0. The van der Waals surface area contributed by atoms with Gasteiger partial charge in [-0.2, -0.15) is 0 Å². The van der Waals surface area contributed by atoms with Gasteiger partial charge in [-0.25, -0.2) is 8.42 Å². The number of hydrogen-bond acceptors (Lipinski definition) is 5. The Labute approximate surface area is 194 Å². The molecule has 174 valence electrons. The Morgan fingerprint density at radius 2 is 1.81 bits per heavy atom. The number of likely N-dealkylation sites (N-methyl/N-ethyl adjacent to an activating group) is 1. The minimum Gasteiger partial charge on any atom is -0.495 e. The van der Waals surface area contributed by atoms with Crippen LogP contribution in [0.1, 0.15) is 12.5 Å². The van der Waals surface area contributed by atoms with Gasteiger partial charge in [0.25, 0.3) is 0 Å². The smallest absolute Gasteiger partial charge is 0.244 e. The van der Waals surface area contributed by atoms with Gasteiger partial charge in [0.1, 0.15) is 18.3 Å². The van der Waals surface area contributed by atoms with Gasteiger partial charge in [-0.05, 0) is 37.1 Å². The van der Waals surface area contributed by atoms with Crippen LogP contribution in [0, 0.1) is 0 Å². The molecule has 0 aliphatic rings. The highest BCUT2D eigenvalue weighted by atomic mass is 35.5. The molecule has 10 heteroatoms. The third kappa shape index (κ3) is 6.61. The topological polar surface area (TPSA) is 96.0 Å². The number of nitrogens with one attached hydrogen (secondary N) is 1. The van der Waals surface area contributed by atoms with Gasteiger partial charge in [-0.15, -0.1) is 0 Å². The first-order valence-electron chi connectivity index (χ1n) is 9.94. The number of rotatable bonds is 10.